The number of hydrogen-bond donors (Lipinski definition) is 1. The molecule has 1 heterocycles. The topological polar surface area (TPSA) is 53.9 Å². The maximum Gasteiger partial charge on any atom is 0.573 e. The summed E-state index contributed by atoms with van der Waals surface area (Å²) in [6.45, 7) is 1.96. The summed E-state index contributed by atoms with van der Waals surface area (Å²) >= 11 is 17.7. The maximum absolute atomic E-state index is 12.7. The molecule has 0 radical (unpaired) electrons. The Morgan fingerprint density at radius 3 is 2.32 bits per heavy atom. The lowest BCUT2D eigenvalue weighted by Gasteiger charge is -2.22. The van der Waals surface area contributed by atoms with Gasteiger partial charge in [-0.05, 0) is 55.0 Å². The maximum atomic E-state index is 12.7. The minimum atomic E-state index is -4.80. The lowest BCUT2D eigenvalue weighted by Crippen LogP contribution is -2.34. The van der Waals surface area contributed by atoms with Gasteiger partial charge in [-0.3, -0.25) is 0 Å². The first-order valence-corrected chi connectivity index (χ1v) is 9.92. The number of carbonyl (C=O) groups excluding carboxylic acids is 1. The van der Waals surface area contributed by atoms with Crippen LogP contribution in [0.4, 0.5) is 23.7 Å². The number of rotatable bonds is 4. The van der Waals surface area contributed by atoms with Crippen LogP contribution in [-0.4, -0.2) is 29.7 Å². The highest BCUT2D eigenvalue weighted by molar-refractivity contribution is 6.56. The van der Waals surface area contributed by atoms with Gasteiger partial charge >= 0.3 is 12.4 Å². The molecular formula is C20H15Cl3F3N3O2. The largest absolute Gasteiger partial charge is 0.573 e. The first-order chi connectivity index (χ1) is 14.4. The Kier molecular flexibility index (Phi) is 6.73. The van der Waals surface area contributed by atoms with Gasteiger partial charge in [-0.25, -0.2) is 9.80 Å². The second kappa shape index (κ2) is 8.98. The standard InChI is InChI=1S/C20H15Cl3F3N3O2/c1-19(10-16(22)23)11-29(28-17(19)12-2-4-13(21)5-3-12)18(30)27-14-6-8-15(9-7-14)31-20(24,25)26/h2-10H,11H2,1H3,(H,27,30). The fraction of sp³-hybridized carbons (Fsp3) is 0.200. The quantitative estimate of drug-likeness (QED) is 0.509. The van der Waals surface area contributed by atoms with Crippen molar-refractivity contribution in [2.45, 2.75) is 13.3 Å². The van der Waals surface area contributed by atoms with Crippen molar-refractivity contribution in [1.82, 2.24) is 5.01 Å². The molecule has 1 unspecified atom stereocenters. The number of nitrogens with zero attached hydrogens (tertiary/aromatic N) is 2. The van der Waals surface area contributed by atoms with E-state index in [-0.39, 0.29) is 16.7 Å². The van der Waals surface area contributed by atoms with Gasteiger partial charge < -0.3 is 10.1 Å². The minimum Gasteiger partial charge on any atom is -0.406 e. The second-order valence-corrected chi connectivity index (χ2v) is 8.31. The molecule has 3 rings (SSSR count). The molecule has 2 aromatic carbocycles. The number of halogens is 6. The fourth-order valence-corrected chi connectivity index (χ4v) is 3.66. The zero-order valence-electron chi connectivity index (χ0n) is 15.9. The summed E-state index contributed by atoms with van der Waals surface area (Å²) in [4.78, 5) is 12.7. The first kappa shape index (κ1) is 23.2. The number of hydrogen-bond acceptors (Lipinski definition) is 3. The van der Waals surface area contributed by atoms with Crippen LogP contribution in [0.5, 0.6) is 5.75 Å². The van der Waals surface area contributed by atoms with Gasteiger partial charge in [-0.15, -0.1) is 13.2 Å². The first-order valence-electron chi connectivity index (χ1n) is 8.78. The molecule has 0 spiro atoms. The number of hydrazone groups is 1. The molecule has 0 saturated carbocycles. The van der Waals surface area contributed by atoms with Gasteiger partial charge in [-0.1, -0.05) is 46.9 Å². The van der Waals surface area contributed by atoms with E-state index >= 15 is 0 Å². The molecule has 1 aliphatic rings. The van der Waals surface area contributed by atoms with Crippen molar-refractivity contribution in [2.24, 2.45) is 10.5 Å². The van der Waals surface area contributed by atoms with E-state index in [1.807, 2.05) is 6.92 Å². The minimum absolute atomic E-state index is 0.0201. The molecule has 1 atom stereocenters. The van der Waals surface area contributed by atoms with E-state index in [0.29, 0.717) is 10.7 Å². The molecule has 0 bridgehead atoms. The van der Waals surface area contributed by atoms with Crippen LogP contribution in [0, 0.1) is 5.41 Å². The third-order valence-electron chi connectivity index (χ3n) is 4.36. The molecule has 2 aromatic rings. The number of anilines is 1. The van der Waals surface area contributed by atoms with Gasteiger partial charge in [0.05, 0.1) is 17.7 Å². The zero-order chi connectivity index (χ0) is 22.8. The molecule has 0 fully saturated rings. The van der Waals surface area contributed by atoms with E-state index in [1.165, 1.54) is 17.1 Å². The van der Waals surface area contributed by atoms with Gasteiger partial charge in [0.15, 0.2) is 0 Å². The number of urea groups is 1. The molecule has 5 nitrogen and oxygen atoms in total. The zero-order valence-corrected chi connectivity index (χ0v) is 18.1. The monoisotopic (exact) mass is 491 g/mol. The van der Waals surface area contributed by atoms with Crippen molar-refractivity contribution >= 4 is 52.2 Å². The van der Waals surface area contributed by atoms with Gasteiger partial charge in [0, 0.05) is 10.7 Å². The Labute approximate surface area is 191 Å². The van der Waals surface area contributed by atoms with Crippen molar-refractivity contribution in [3.8, 4) is 5.75 Å². The second-order valence-electron chi connectivity index (χ2n) is 6.87. The molecule has 0 aliphatic carbocycles. The predicted molar refractivity (Wildman–Crippen MR) is 115 cm³/mol. The summed E-state index contributed by atoms with van der Waals surface area (Å²) in [5.74, 6) is -0.399. The van der Waals surface area contributed by atoms with Crippen LogP contribution in [0.25, 0.3) is 0 Å². The summed E-state index contributed by atoms with van der Waals surface area (Å²) in [5.41, 5.74) is 0.755. The van der Waals surface area contributed by atoms with Gasteiger partial charge in [0.2, 0.25) is 0 Å². The Hall–Kier alpha value is -2.42. The number of alkyl halides is 3. The Morgan fingerprint density at radius 2 is 1.77 bits per heavy atom. The molecule has 1 N–H and O–H groups in total. The van der Waals surface area contributed by atoms with E-state index in [0.717, 1.165) is 17.7 Å². The summed E-state index contributed by atoms with van der Waals surface area (Å²) in [5, 5.41) is 8.73. The van der Waals surface area contributed by atoms with Crippen molar-refractivity contribution in [2.75, 3.05) is 11.9 Å². The number of benzene rings is 2. The fourth-order valence-electron chi connectivity index (χ4n) is 3.05. The Bertz CT molecular complexity index is 1020. The Balaban J connectivity index is 1.81. The predicted octanol–water partition coefficient (Wildman–Crippen LogP) is 6.82. The van der Waals surface area contributed by atoms with Crippen LogP contribution in [0.3, 0.4) is 0 Å². The van der Waals surface area contributed by atoms with Crippen LogP contribution >= 0.6 is 34.8 Å². The van der Waals surface area contributed by atoms with Crippen LogP contribution in [0.15, 0.2) is 64.2 Å². The highest BCUT2D eigenvalue weighted by atomic mass is 35.5. The van der Waals surface area contributed by atoms with Crippen LogP contribution in [-0.2, 0) is 0 Å². The van der Waals surface area contributed by atoms with Gasteiger partial charge in [0.25, 0.3) is 0 Å². The van der Waals surface area contributed by atoms with Crippen molar-refractivity contribution in [3.63, 3.8) is 0 Å². The molecule has 0 aromatic heterocycles. The van der Waals surface area contributed by atoms with Crippen molar-refractivity contribution in [3.05, 3.63) is 69.7 Å². The molecule has 164 valence electrons. The molecule has 31 heavy (non-hydrogen) atoms. The highest BCUT2D eigenvalue weighted by Crippen LogP contribution is 2.35. The highest BCUT2D eigenvalue weighted by Gasteiger charge is 2.40. The smallest absolute Gasteiger partial charge is 0.406 e. The SMILES string of the molecule is CC1(C=C(Cl)Cl)CN(C(=O)Nc2ccc(OC(F)(F)F)cc2)N=C1c1ccc(Cl)cc1. The average Bonchev–Trinajstić information content (AvgIpc) is 2.99. The van der Waals surface area contributed by atoms with Gasteiger partial charge in [-0.2, -0.15) is 5.10 Å². The molecule has 11 heteroatoms. The van der Waals surface area contributed by atoms with E-state index in [1.54, 1.807) is 30.3 Å². The molecular weight excluding hydrogens is 478 g/mol. The summed E-state index contributed by atoms with van der Waals surface area (Å²) in [6.07, 6.45) is -3.21. The van der Waals surface area contributed by atoms with Crippen molar-refractivity contribution in [1.29, 1.82) is 0 Å². The van der Waals surface area contributed by atoms with Gasteiger partial charge in [0.1, 0.15) is 10.2 Å². The third-order valence-corrected chi connectivity index (χ3v) is 4.83. The van der Waals surface area contributed by atoms with Crippen LogP contribution in [0.2, 0.25) is 5.02 Å². The van der Waals surface area contributed by atoms with Crippen LogP contribution in [0.1, 0.15) is 12.5 Å². The summed E-state index contributed by atoms with van der Waals surface area (Å²) in [6, 6.07) is 11.1. The molecule has 2 amide bonds. The number of carbonyl (C=O) groups is 1. The third kappa shape index (κ3) is 6.06. The lowest BCUT2D eigenvalue weighted by atomic mass is 9.82. The number of nitrogens with one attached hydrogen (secondary N) is 1. The summed E-state index contributed by atoms with van der Waals surface area (Å²) < 4.78 is 40.7. The molecule has 0 saturated heterocycles. The number of ether oxygens (including phenoxy) is 1. The lowest BCUT2D eigenvalue weighted by molar-refractivity contribution is -0.274. The normalized spacial score (nSPS) is 18.4. The van der Waals surface area contributed by atoms with E-state index in [4.69, 9.17) is 34.8 Å². The van der Waals surface area contributed by atoms with Crippen molar-refractivity contribution < 1.29 is 22.7 Å². The van der Waals surface area contributed by atoms with Crippen LogP contribution < -0.4 is 10.1 Å². The summed E-state index contributed by atoms with van der Waals surface area (Å²) in [7, 11) is 0. The van der Waals surface area contributed by atoms with E-state index < -0.39 is 23.6 Å². The number of amides is 2. The molecule has 1 aliphatic heterocycles. The Morgan fingerprint density at radius 1 is 1.16 bits per heavy atom. The van der Waals surface area contributed by atoms with E-state index in [9.17, 15) is 18.0 Å². The average molecular weight is 493 g/mol. The van der Waals surface area contributed by atoms with E-state index in [2.05, 4.69) is 15.2 Å².